The van der Waals surface area contributed by atoms with E-state index in [0.717, 1.165) is 24.8 Å². The number of hydrogen-bond donors (Lipinski definition) is 1. The average molecular weight is 223 g/mol. The SMILES string of the molecule is CCCc1cccc(C(F)(CN)CCC)c1. The molecule has 0 aliphatic carbocycles. The summed E-state index contributed by atoms with van der Waals surface area (Å²) in [7, 11) is 0. The average Bonchev–Trinajstić information content (AvgIpc) is 2.30. The van der Waals surface area contributed by atoms with Crippen LogP contribution in [0.15, 0.2) is 24.3 Å². The molecular formula is C14H22FN. The van der Waals surface area contributed by atoms with Crippen LogP contribution in [0.2, 0.25) is 0 Å². The van der Waals surface area contributed by atoms with Crippen molar-refractivity contribution in [1.29, 1.82) is 0 Å². The van der Waals surface area contributed by atoms with Crippen LogP contribution in [-0.4, -0.2) is 6.54 Å². The third-order valence-corrected chi connectivity index (χ3v) is 2.95. The van der Waals surface area contributed by atoms with E-state index in [4.69, 9.17) is 5.73 Å². The minimum absolute atomic E-state index is 0.0659. The molecule has 1 atom stereocenters. The molecule has 0 saturated heterocycles. The van der Waals surface area contributed by atoms with Crippen molar-refractivity contribution >= 4 is 0 Å². The molecule has 1 unspecified atom stereocenters. The minimum atomic E-state index is -1.35. The number of halogens is 1. The topological polar surface area (TPSA) is 26.0 Å². The second-order valence-corrected chi connectivity index (χ2v) is 4.37. The molecule has 2 N–H and O–H groups in total. The Bertz CT molecular complexity index is 324. The summed E-state index contributed by atoms with van der Waals surface area (Å²) in [6.07, 6.45) is 3.39. The van der Waals surface area contributed by atoms with Gasteiger partial charge in [-0.1, -0.05) is 51.0 Å². The molecule has 0 heterocycles. The van der Waals surface area contributed by atoms with Gasteiger partial charge in [-0.3, -0.25) is 0 Å². The number of aryl methyl sites for hydroxylation is 1. The van der Waals surface area contributed by atoms with Gasteiger partial charge in [0.25, 0.3) is 0 Å². The summed E-state index contributed by atoms with van der Waals surface area (Å²) < 4.78 is 14.5. The Balaban J connectivity index is 2.96. The lowest BCUT2D eigenvalue weighted by Crippen LogP contribution is -2.30. The van der Waals surface area contributed by atoms with Crippen molar-refractivity contribution in [2.75, 3.05) is 6.54 Å². The lowest BCUT2D eigenvalue weighted by atomic mass is 9.89. The smallest absolute Gasteiger partial charge is 0.148 e. The standard InChI is InChI=1S/C14H22FN/c1-3-6-12-7-5-8-13(10-12)14(15,11-16)9-4-2/h5,7-8,10H,3-4,6,9,11,16H2,1-2H3. The van der Waals surface area contributed by atoms with Crippen molar-refractivity contribution in [2.24, 2.45) is 5.73 Å². The largest absolute Gasteiger partial charge is 0.327 e. The Morgan fingerprint density at radius 1 is 1.25 bits per heavy atom. The van der Waals surface area contributed by atoms with Crippen molar-refractivity contribution in [2.45, 2.75) is 45.2 Å². The zero-order valence-corrected chi connectivity index (χ0v) is 10.3. The summed E-state index contributed by atoms with van der Waals surface area (Å²) in [5.74, 6) is 0. The summed E-state index contributed by atoms with van der Waals surface area (Å²) in [5, 5.41) is 0. The second-order valence-electron chi connectivity index (χ2n) is 4.37. The number of nitrogens with two attached hydrogens (primary N) is 1. The van der Waals surface area contributed by atoms with Crippen LogP contribution >= 0.6 is 0 Å². The van der Waals surface area contributed by atoms with Gasteiger partial charge in [-0.15, -0.1) is 0 Å². The maximum atomic E-state index is 14.5. The van der Waals surface area contributed by atoms with Crippen molar-refractivity contribution in [3.8, 4) is 0 Å². The Labute approximate surface area is 97.9 Å². The van der Waals surface area contributed by atoms with Gasteiger partial charge in [0, 0.05) is 6.54 Å². The molecule has 16 heavy (non-hydrogen) atoms. The molecule has 0 radical (unpaired) electrons. The molecule has 1 nitrogen and oxygen atoms in total. The first-order valence-electron chi connectivity index (χ1n) is 6.14. The van der Waals surface area contributed by atoms with E-state index in [1.54, 1.807) is 0 Å². The van der Waals surface area contributed by atoms with Crippen LogP contribution in [0.4, 0.5) is 4.39 Å². The zero-order chi connectivity index (χ0) is 12.0. The van der Waals surface area contributed by atoms with Gasteiger partial charge in [0.15, 0.2) is 0 Å². The van der Waals surface area contributed by atoms with Gasteiger partial charge in [0.05, 0.1) is 0 Å². The third-order valence-electron chi connectivity index (χ3n) is 2.95. The van der Waals surface area contributed by atoms with Crippen molar-refractivity contribution in [1.82, 2.24) is 0 Å². The van der Waals surface area contributed by atoms with E-state index in [-0.39, 0.29) is 6.54 Å². The van der Waals surface area contributed by atoms with E-state index in [0.29, 0.717) is 6.42 Å². The van der Waals surface area contributed by atoms with Crippen molar-refractivity contribution in [3.63, 3.8) is 0 Å². The summed E-state index contributed by atoms with van der Waals surface area (Å²) in [6, 6.07) is 7.80. The molecule has 0 amide bonds. The van der Waals surface area contributed by atoms with Crippen LogP contribution in [0.1, 0.15) is 44.2 Å². The van der Waals surface area contributed by atoms with Crippen LogP contribution in [0, 0.1) is 0 Å². The molecule has 0 spiro atoms. The molecule has 0 aliphatic heterocycles. The van der Waals surface area contributed by atoms with E-state index in [1.807, 2.05) is 25.1 Å². The first-order valence-corrected chi connectivity index (χ1v) is 6.14. The number of rotatable bonds is 6. The molecule has 1 aromatic rings. The predicted molar refractivity (Wildman–Crippen MR) is 67.2 cm³/mol. The van der Waals surface area contributed by atoms with Gasteiger partial charge in [-0.05, 0) is 24.0 Å². The Hall–Kier alpha value is -0.890. The molecule has 2 heteroatoms. The monoisotopic (exact) mass is 223 g/mol. The van der Waals surface area contributed by atoms with E-state index < -0.39 is 5.67 Å². The highest BCUT2D eigenvalue weighted by molar-refractivity contribution is 5.29. The van der Waals surface area contributed by atoms with Gasteiger partial charge in [0.1, 0.15) is 5.67 Å². The van der Waals surface area contributed by atoms with Crippen molar-refractivity contribution < 1.29 is 4.39 Å². The normalized spacial score (nSPS) is 14.8. The second kappa shape index (κ2) is 6.00. The number of hydrogen-bond acceptors (Lipinski definition) is 1. The number of benzene rings is 1. The lowest BCUT2D eigenvalue weighted by molar-refractivity contribution is 0.159. The Morgan fingerprint density at radius 2 is 2.00 bits per heavy atom. The Morgan fingerprint density at radius 3 is 2.56 bits per heavy atom. The lowest BCUT2D eigenvalue weighted by Gasteiger charge is -2.24. The highest BCUT2D eigenvalue weighted by Gasteiger charge is 2.29. The first kappa shape index (κ1) is 13.2. The van der Waals surface area contributed by atoms with E-state index >= 15 is 0 Å². The fourth-order valence-electron chi connectivity index (χ4n) is 2.05. The summed E-state index contributed by atoms with van der Waals surface area (Å²) in [5.41, 5.74) is 6.16. The van der Waals surface area contributed by atoms with Gasteiger partial charge in [-0.25, -0.2) is 4.39 Å². The highest BCUT2D eigenvalue weighted by Crippen LogP contribution is 2.30. The molecule has 1 rings (SSSR count). The molecule has 0 aliphatic rings. The quantitative estimate of drug-likeness (QED) is 0.784. The summed E-state index contributed by atoms with van der Waals surface area (Å²) >= 11 is 0. The van der Waals surface area contributed by atoms with E-state index in [9.17, 15) is 4.39 Å². The van der Waals surface area contributed by atoms with Gasteiger partial charge >= 0.3 is 0 Å². The van der Waals surface area contributed by atoms with Crippen LogP contribution in [0.5, 0.6) is 0 Å². The predicted octanol–water partition coefficient (Wildman–Crippen LogP) is 3.56. The number of alkyl halides is 1. The molecule has 0 fully saturated rings. The minimum Gasteiger partial charge on any atom is -0.327 e. The van der Waals surface area contributed by atoms with Crippen molar-refractivity contribution in [3.05, 3.63) is 35.4 Å². The van der Waals surface area contributed by atoms with Crippen LogP contribution in [-0.2, 0) is 12.1 Å². The molecule has 0 saturated carbocycles. The maximum Gasteiger partial charge on any atom is 0.148 e. The fraction of sp³-hybridized carbons (Fsp3) is 0.571. The molecular weight excluding hydrogens is 201 g/mol. The van der Waals surface area contributed by atoms with E-state index in [1.165, 1.54) is 5.56 Å². The molecule has 0 aromatic heterocycles. The van der Waals surface area contributed by atoms with Gasteiger partial charge in [0.2, 0.25) is 0 Å². The van der Waals surface area contributed by atoms with Gasteiger partial charge in [-0.2, -0.15) is 0 Å². The van der Waals surface area contributed by atoms with Gasteiger partial charge < -0.3 is 5.73 Å². The molecule has 1 aromatic carbocycles. The zero-order valence-electron chi connectivity index (χ0n) is 10.3. The first-order chi connectivity index (χ1) is 7.66. The van der Waals surface area contributed by atoms with E-state index in [2.05, 4.69) is 13.0 Å². The summed E-state index contributed by atoms with van der Waals surface area (Å²) in [6.45, 7) is 4.18. The summed E-state index contributed by atoms with van der Waals surface area (Å²) in [4.78, 5) is 0. The Kier molecular flexibility index (Phi) is 4.94. The molecule has 90 valence electrons. The van der Waals surface area contributed by atoms with Crippen LogP contribution < -0.4 is 5.73 Å². The fourth-order valence-corrected chi connectivity index (χ4v) is 2.05. The van der Waals surface area contributed by atoms with Crippen LogP contribution in [0.3, 0.4) is 0 Å². The maximum absolute atomic E-state index is 14.5. The third kappa shape index (κ3) is 3.05. The highest BCUT2D eigenvalue weighted by atomic mass is 19.1. The van der Waals surface area contributed by atoms with Crippen LogP contribution in [0.25, 0.3) is 0 Å². The molecule has 0 bridgehead atoms.